The number of anilines is 2. The molecule has 1 aromatic carbocycles. The Morgan fingerprint density at radius 2 is 2.00 bits per heavy atom. The summed E-state index contributed by atoms with van der Waals surface area (Å²) in [5.74, 6) is -0.706. The SMILES string of the molecule is CC(=O)N(c1ccccc1)c1nc(/C=C/C(=O)NCC(=O)NC2CC2)cs1. The third-order valence-corrected chi connectivity index (χ3v) is 4.65. The second-order valence-corrected chi connectivity index (χ2v) is 6.97. The molecule has 1 aliphatic carbocycles. The average Bonchev–Trinajstić information content (AvgIpc) is 3.34. The van der Waals surface area contributed by atoms with Gasteiger partial charge in [0.05, 0.1) is 17.9 Å². The van der Waals surface area contributed by atoms with Crippen molar-refractivity contribution in [1.82, 2.24) is 15.6 Å². The molecule has 0 radical (unpaired) electrons. The van der Waals surface area contributed by atoms with E-state index in [4.69, 9.17) is 0 Å². The fourth-order valence-corrected chi connectivity index (χ4v) is 3.21. The summed E-state index contributed by atoms with van der Waals surface area (Å²) < 4.78 is 0. The van der Waals surface area contributed by atoms with E-state index in [1.165, 1.54) is 29.2 Å². The Morgan fingerprint density at radius 1 is 1.26 bits per heavy atom. The van der Waals surface area contributed by atoms with Crippen molar-refractivity contribution >= 4 is 46.0 Å². The number of nitrogens with zero attached hydrogens (tertiary/aromatic N) is 2. The van der Waals surface area contributed by atoms with Gasteiger partial charge in [0.2, 0.25) is 17.7 Å². The topological polar surface area (TPSA) is 91.4 Å². The zero-order valence-corrected chi connectivity index (χ0v) is 15.7. The van der Waals surface area contributed by atoms with Crippen molar-refractivity contribution in [2.45, 2.75) is 25.8 Å². The van der Waals surface area contributed by atoms with Crippen LogP contribution in [0.25, 0.3) is 6.08 Å². The fourth-order valence-electron chi connectivity index (χ4n) is 2.35. The molecule has 0 saturated heterocycles. The molecule has 8 heteroatoms. The number of rotatable bonds is 7. The third-order valence-electron chi connectivity index (χ3n) is 3.80. The number of carbonyl (C=O) groups is 3. The van der Waals surface area contributed by atoms with Crippen molar-refractivity contribution < 1.29 is 14.4 Å². The number of carbonyl (C=O) groups excluding carboxylic acids is 3. The summed E-state index contributed by atoms with van der Waals surface area (Å²) in [4.78, 5) is 41.3. The Labute approximate surface area is 161 Å². The molecule has 1 aliphatic rings. The number of nitrogens with one attached hydrogen (secondary N) is 2. The minimum atomic E-state index is -0.373. The largest absolute Gasteiger partial charge is 0.352 e. The molecule has 1 heterocycles. The van der Waals surface area contributed by atoms with E-state index < -0.39 is 0 Å². The molecule has 1 fully saturated rings. The molecule has 3 rings (SSSR count). The zero-order valence-electron chi connectivity index (χ0n) is 14.8. The lowest BCUT2D eigenvalue weighted by atomic mass is 10.3. The highest BCUT2D eigenvalue weighted by atomic mass is 32.1. The van der Waals surface area contributed by atoms with Crippen LogP contribution >= 0.6 is 11.3 Å². The average molecular weight is 384 g/mol. The van der Waals surface area contributed by atoms with E-state index in [0.29, 0.717) is 10.8 Å². The van der Waals surface area contributed by atoms with Crippen molar-refractivity contribution in [3.05, 3.63) is 47.5 Å². The van der Waals surface area contributed by atoms with Crippen LogP contribution in [0.2, 0.25) is 0 Å². The number of amides is 3. The molecule has 140 valence electrons. The molecule has 1 saturated carbocycles. The van der Waals surface area contributed by atoms with Gasteiger partial charge in [-0.05, 0) is 31.1 Å². The van der Waals surface area contributed by atoms with Gasteiger partial charge in [-0.1, -0.05) is 18.2 Å². The monoisotopic (exact) mass is 384 g/mol. The highest BCUT2D eigenvalue weighted by molar-refractivity contribution is 7.14. The van der Waals surface area contributed by atoms with Crippen LogP contribution in [0, 0.1) is 0 Å². The molecule has 1 aromatic heterocycles. The van der Waals surface area contributed by atoms with Crippen LogP contribution in [0.5, 0.6) is 0 Å². The first-order chi connectivity index (χ1) is 13.0. The van der Waals surface area contributed by atoms with E-state index >= 15 is 0 Å². The molecule has 27 heavy (non-hydrogen) atoms. The Hall–Kier alpha value is -3.00. The number of para-hydroxylation sites is 1. The zero-order chi connectivity index (χ0) is 19.2. The third kappa shape index (κ3) is 5.49. The van der Waals surface area contributed by atoms with E-state index in [2.05, 4.69) is 15.6 Å². The lowest BCUT2D eigenvalue weighted by Gasteiger charge is -2.17. The molecular formula is C19H20N4O3S. The van der Waals surface area contributed by atoms with E-state index in [1.54, 1.807) is 11.5 Å². The van der Waals surface area contributed by atoms with E-state index in [-0.39, 0.29) is 30.3 Å². The van der Waals surface area contributed by atoms with Gasteiger partial charge in [0.1, 0.15) is 0 Å². The standard InChI is InChI=1S/C19H20N4O3S/c1-13(24)23(16-5-3-2-4-6-16)19-22-15(12-27-19)9-10-17(25)20-11-18(26)21-14-7-8-14/h2-6,9-10,12,14H,7-8,11H2,1H3,(H,20,25)(H,21,26)/b10-9+. The smallest absolute Gasteiger partial charge is 0.244 e. The maximum atomic E-state index is 12.0. The molecule has 7 nitrogen and oxygen atoms in total. The fraction of sp³-hybridized carbons (Fsp3) is 0.263. The van der Waals surface area contributed by atoms with Crippen molar-refractivity contribution in [3.63, 3.8) is 0 Å². The summed E-state index contributed by atoms with van der Waals surface area (Å²) in [7, 11) is 0. The van der Waals surface area contributed by atoms with E-state index in [1.807, 2.05) is 30.3 Å². The molecule has 0 unspecified atom stereocenters. The number of hydrogen-bond acceptors (Lipinski definition) is 5. The molecule has 2 aromatic rings. The molecule has 3 amide bonds. The van der Waals surface area contributed by atoms with Gasteiger partial charge in [0.25, 0.3) is 0 Å². The van der Waals surface area contributed by atoms with Crippen LogP contribution < -0.4 is 15.5 Å². The lowest BCUT2D eigenvalue weighted by molar-refractivity contribution is -0.124. The van der Waals surface area contributed by atoms with Crippen LogP contribution in [-0.2, 0) is 14.4 Å². The van der Waals surface area contributed by atoms with Crippen molar-refractivity contribution in [2.75, 3.05) is 11.4 Å². The van der Waals surface area contributed by atoms with Gasteiger partial charge >= 0.3 is 0 Å². The first-order valence-electron chi connectivity index (χ1n) is 8.59. The lowest BCUT2D eigenvalue weighted by Crippen LogP contribution is -2.37. The Morgan fingerprint density at radius 3 is 2.67 bits per heavy atom. The molecule has 0 spiro atoms. The molecule has 0 aliphatic heterocycles. The minimum Gasteiger partial charge on any atom is -0.352 e. The summed E-state index contributed by atoms with van der Waals surface area (Å²) in [5.41, 5.74) is 1.30. The quantitative estimate of drug-likeness (QED) is 0.716. The Balaban J connectivity index is 1.59. The second kappa shape index (κ2) is 8.59. The predicted octanol–water partition coefficient (Wildman–Crippen LogP) is 2.24. The second-order valence-electron chi connectivity index (χ2n) is 6.14. The van der Waals surface area contributed by atoms with Gasteiger partial charge < -0.3 is 10.6 Å². The summed E-state index contributed by atoms with van der Waals surface area (Å²) >= 11 is 1.31. The number of thiazole rings is 1. The van der Waals surface area contributed by atoms with Crippen LogP contribution in [0.3, 0.4) is 0 Å². The molecular weight excluding hydrogens is 364 g/mol. The molecule has 0 bridgehead atoms. The van der Waals surface area contributed by atoms with Crippen molar-refractivity contribution in [2.24, 2.45) is 0 Å². The minimum absolute atomic E-state index is 0.0475. The highest BCUT2D eigenvalue weighted by Gasteiger charge is 2.23. The normalized spacial score (nSPS) is 13.4. The molecule has 0 atom stereocenters. The van der Waals surface area contributed by atoms with Crippen LogP contribution in [0.4, 0.5) is 10.8 Å². The predicted molar refractivity (Wildman–Crippen MR) is 105 cm³/mol. The van der Waals surface area contributed by atoms with Crippen LogP contribution in [-0.4, -0.2) is 35.3 Å². The number of benzene rings is 1. The summed E-state index contributed by atoms with van der Waals surface area (Å²) in [5, 5.41) is 7.62. The van der Waals surface area contributed by atoms with E-state index in [9.17, 15) is 14.4 Å². The van der Waals surface area contributed by atoms with Crippen molar-refractivity contribution in [1.29, 1.82) is 0 Å². The Bertz CT molecular complexity index is 859. The summed E-state index contributed by atoms with van der Waals surface area (Å²) in [6, 6.07) is 9.51. The van der Waals surface area contributed by atoms with Gasteiger partial charge in [0.15, 0.2) is 5.13 Å². The number of aromatic nitrogens is 1. The first kappa shape index (κ1) is 18.8. The van der Waals surface area contributed by atoms with Gasteiger partial charge in [-0.2, -0.15) is 0 Å². The van der Waals surface area contributed by atoms with Gasteiger partial charge in [-0.25, -0.2) is 4.98 Å². The van der Waals surface area contributed by atoms with Crippen molar-refractivity contribution in [3.8, 4) is 0 Å². The van der Waals surface area contributed by atoms with Gasteiger partial charge in [0, 0.05) is 24.4 Å². The first-order valence-corrected chi connectivity index (χ1v) is 9.47. The number of hydrogen-bond donors (Lipinski definition) is 2. The molecule has 2 N–H and O–H groups in total. The van der Waals surface area contributed by atoms with Gasteiger partial charge in [-0.3, -0.25) is 19.3 Å². The van der Waals surface area contributed by atoms with E-state index in [0.717, 1.165) is 18.5 Å². The van der Waals surface area contributed by atoms with Crippen LogP contribution in [0.15, 0.2) is 41.8 Å². The maximum absolute atomic E-state index is 12.0. The summed E-state index contributed by atoms with van der Waals surface area (Å²) in [6.45, 7) is 1.43. The Kier molecular flexibility index (Phi) is 5.97. The maximum Gasteiger partial charge on any atom is 0.244 e. The van der Waals surface area contributed by atoms with Gasteiger partial charge in [-0.15, -0.1) is 11.3 Å². The summed E-state index contributed by atoms with van der Waals surface area (Å²) in [6.07, 6.45) is 4.89. The van der Waals surface area contributed by atoms with Crippen LogP contribution in [0.1, 0.15) is 25.5 Å². The highest BCUT2D eigenvalue weighted by Crippen LogP contribution is 2.28.